The Labute approximate surface area is 160 Å². The number of Topliss-reactive ketones (excluding diaryl/α,β-unsaturated/α-hetero) is 1. The van der Waals surface area contributed by atoms with Gasteiger partial charge in [0.2, 0.25) is 0 Å². The molecule has 0 spiro atoms. The van der Waals surface area contributed by atoms with Crippen LogP contribution in [0.2, 0.25) is 10.0 Å². The number of aryl methyl sites for hydroxylation is 1. The molecule has 0 saturated heterocycles. The van der Waals surface area contributed by atoms with Crippen LogP contribution in [-0.2, 0) is 6.42 Å². The predicted molar refractivity (Wildman–Crippen MR) is 107 cm³/mol. The fraction of sp³-hybridized carbons (Fsp3) is 0.350. The lowest BCUT2D eigenvalue weighted by molar-refractivity contribution is 0.0983. The maximum absolute atomic E-state index is 12.4. The number of rotatable bonds is 8. The van der Waals surface area contributed by atoms with Gasteiger partial charge in [-0.1, -0.05) is 29.3 Å². The first-order valence-corrected chi connectivity index (χ1v) is 9.05. The summed E-state index contributed by atoms with van der Waals surface area (Å²) in [5, 5.41) is 1.22. The maximum atomic E-state index is 12.4. The van der Waals surface area contributed by atoms with Gasteiger partial charge in [-0.25, -0.2) is 0 Å². The number of carbonyl (C=O) groups excluding carboxylic acids is 1. The maximum Gasteiger partial charge on any atom is 0.163 e. The molecule has 2 aromatic rings. The number of benzene rings is 2. The molecule has 0 bridgehead atoms. The molecule has 0 saturated carbocycles. The quantitative estimate of drug-likeness (QED) is 0.615. The fourth-order valence-electron chi connectivity index (χ4n) is 2.50. The van der Waals surface area contributed by atoms with Crippen LogP contribution < -0.4 is 4.90 Å². The first-order valence-electron chi connectivity index (χ1n) is 8.30. The predicted octanol–water partition coefficient (Wildman–Crippen LogP) is 4.81. The molecule has 0 amide bonds. The lowest BCUT2D eigenvalue weighted by Gasteiger charge is -2.21. The molecule has 0 N–H and O–H groups in total. The molecule has 0 aromatic heterocycles. The van der Waals surface area contributed by atoms with Gasteiger partial charge >= 0.3 is 0 Å². The minimum Gasteiger partial charge on any atom is -0.373 e. The lowest BCUT2D eigenvalue weighted by atomic mass is 10.0. The number of ketones is 1. The van der Waals surface area contributed by atoms with Crippen LogP contribution in [0.1, 0.15) is 22.3 Å². The van der Waals surface area contributed by atoms with Gasteiger partial charge < -0.3 is 9.80 Å². The molecule has 25 heavy (non-hydrogen) atoms. The molecule has 0 fully saturated rings. The molecule has 2 rings (SSSR count). The Bertz CT molecular complexity index is 714. The molecule has 0 aliphatic rings. The van der Waals surface area contributed by atoms with Gasteiger partial charge in [0.1, 0.15) is 0 Å². The summed E-state index contributed by atoms with van der Waals surface area (Å²) < 4.78 is 0. The number of carbonyl (C=O) groups is 1. The number of halogens is 2. The topological polar surface area (TPSA) is 23.6 Å². The minimum atomic E-state index is 0.119. The number of anilines is 1. The van der Waals surface area contributed by atoms with E-state index >= 15 is 0 Å². The Hall–Kier alpha value is -1.55. The molecule has 0 atom stereocenters. The summed E-state index contributed by atoms with van der Waals surface area (Å²) in [6.07, 6.45) is 1.04. The highest BCUT2D eigenvalue weighted by Gasteiger charge is 2.09. The zero-order valence-corrected chi connectivity index (χ0v) is 16.4. The second-order valence-corrected chi connectivity index (χ2v) is 7.27. The van der Waals surface area contributed by atoms with Crippen molar-refractivity contribution in [1.82, 2.24) is 4.90 Å². The number of likely N-dealkylation sites (N-methyl/N-ethyl adjacent to an activating group) is 2. The van der Waals surface area contributed by atoms with E-state index in [1.54, 1.807) is 12.1 Å². The SMILES string of the molecule is CN(C)CCN(C)c1ccc(C(=O)CCc2ccc(Cl)cc2Cl)cc1. The van der Waals surface area contributed by atoms with Crippen molar-refractivity contribution < 1.29 is 4.79 Å². The largest absolute Gasteiger partial charge is 0.373 e. The Morgan fingerprint density at radius 2 is 1.64 bits per heavy atom. The Balaban J connectivity index is 1.93. The van der Waals surface area contributed by atoms with Crippen molar-refractivity contribution in [3.8, 4) is 0 Å². The van der Waals surface area contributed by atoms with Crippen LogP contribution in [0.5, 0.6) is 0 Å². The van der Waals surface area contributed by atoms with Gasteiger partial charge in [-0.05, 0) is 62.5 Å². The average Bonchev–Trinajstić information content (AvgIpc) is 2.58. The van der Waals surface area contributed by atoms with Gasteiger partial charge in [0.15, 0.2) is 5.78 Å². The van der Waals surface area contributed by atoms with Crippen molar-refractivity contribution in [3.05, 3.63) is 63.6 Å². The molecule has 0 aliphatic carbocycles. The van der Waals surface area contributed by atoms with Gasteiger partial charge in [0, 0.05) is 47.9 Å². The van der Waals surface area contributed by atoms with Crippen molar-refractivity contribution in [2.24, 2.45) is 0 Å². The highest BCUT2D eigenvalue weighted by molar-refractivity contribution is 6.35. The normalized spacial score (nSPS) is 11.0. The Kier molecular flexibility index (Phi) is 7.30. The van der Waals surface area contributed by atoms with Crippen molar-refractivity contribution in [1.29, 1.82) is 0 Å². The van der Waals surface area contributed by atoms with Crippen molar-refractivity contribution in [2.45, 2.75) is 12.8 Å². The molecule has 0 radical (unpaired) electrons. The second kappa shape index (κ2) is 9.23. The fourth-order valence-corrected chi connectivity index (χ4v) is 3.00. The molecule has 5 heteroatoms. The molecule has 2 aromatic carbocycles. The highest BCUT2D eigenvalue weighted by atomic mass is 35.5. The third-order valence-electron chi connectivity index (χ3n) is 4.15. The van der Waals surface area contributed by atoms with Crippen LogP contribution in [0.3, 0.4) is 0 Å². The molecule has 0 aliphatic heterocycles. The van der Waals surface area contributed by atoms with Crippen molar-refractivity contribution in [3.63, 3.8) is 0 Å². The van der Waals surface area contributed by atoms with E-state index in [4.69, 9.17) is 23.2 Å². The third-order valence-corrected chi connectivity index (χ3v) is 4.74. The Morgan fingerprint density at radius 3 is 2.24 bits per heavy atom. The van der Waals surface area contributed by atoms with Crippen LogP contribution in [0.25, 0.3) is 0 Å². The molecule has 0 unspecified atom stereocenters. The first-order chi connectivity index (χ1) is 11.9. The first kappa shape index (κ1) is 19.8. The van der Waals surface area contributed by atoms with Crippen LogP contribution in [0, 0.1) is 0 Å². The molecule has 3 nitrogen and oxygen atoms in total. The van der Waals surface area contributed by atoms with Crippen molar-refractivity contribution in [2.75, 3.05) is 39.1 Å². The van der Waals surface area contributed by atoms with Gasteiger partial charge in [-0.2, -0.15) is 0 Å². The molecular weight excluding hydrogens is 355 g/mol. The summed E-state index contributed by atoms with van der Waals surface area (Å²) >= 11 is 12.1. The standard InChI is InChI=1S/C20H24Cl2N2O/c1-23(2)12-13-24(3)18-9-5-16(6-10-18)20(25)11-7-15-4-8-17(21)14-19(15)22/h4-6,8-10,14H,7,11-13H2,1-3H3. The molecule has 0 heterocycles. The van der Waals surface area contributed by atoms with E-state index < -0.39 is 0 Å². The van der Waals surface area contributed by atoms with E-state index in [9.17, 15) is 4.79 Å². The summed E-state index contributed by atoms with van der Waals surface area (Å²) in [5.74, 6) is 0.119. The minimum absolute atomic E-state index is 0.119. The van der Waals surface area contributed by atoms with Gasteiger partial charge in [0.05, 0.1) is 0 Å². The zero-order valence-electron chi connectivity index (χ0n) is 14.9. The monoisotopic (exact) mass is 378 g/mol. The van der Waals surface area contributed by atoms with Crippen LogP contribution in [0.4, 0.5) is 5.69 Å². The van der Waals surface area contributed by atoms with Crippen LogP contribution >= 0.6 is 23.2 Å². The third kappa shape index (κ3) is 6.03. The molecular formula is C20H24Cl2N2O. The van der Waals surface area contributed by atoms with E-state index in [1.165, 1.54) is 0 Å². The number of hydrogen-bond donors (Lipinski definition) is 0. The van der Waals surface area contributed by atoms with E-state index in [1.807, 2.05) is 30.3 Å². The summed E-state index contributed by atoms with van der Waals surface area (Å²) in [7, 11) is 6.17. The van der Waals surface area contributed by atoms with Crippen LogP contribution in [-0.4, -0.2) is 44.9 Å². The van der Waals surface area contributed by atoms with E-state index in [0.717, 1.165) is 29.9 Å². The van der Waals surface area contributed by atoms with E-state index in [0.29, 0.717) is 22.9 Å². The summed E-state index contributed by atoms with van der Waals surface area (Å²) in [5.41, 5.74) is 2.79. The van der Waals surface area contributed by atoms with Gasteiger partial charge in [0.25, 0.3) is 0 Å². The van der Waals surface area contributed by atoms with E-state index in [2.05, 4.69) is 30.9 Å². The smallest absolute Gasteiger partial charge is 0.163 e. The second-order valence-electron chi connectivity index (χ2n) is 6.43. The zero-order chi connectivity index (χ0) is 18.4. The summed E-state index contributed by atoms with van der Waals surface area (Å²) in [4.78, 5) is 16.7. The summed E-state index contributed by atoms with van der Waals surface area (Å²) in [6, 6.07) is 13.2. The summed E-state index contributed by atoms with van der Waals surface area (Å²) in [6.45, 7) is 1.92. The number of hydrogen-bond acceptors (Lipinski definition) is 3. The molecule has 134 valence electrons. The van der Waals surface area contributed by atoms with Gasteiger partial charge in [-0.15, -0.1) is 0 Å². The Morgan fingerprint density at radius 1 is 0.960 bits per heavy atom. The lowest BCUT2D eigenvalue weighted by Crippen LogP contribution is -2.28. The van der Waals surface area contributed by atoms with Crippen molar-refractivity contribution >= 4 is 34.7 Å². The highest BCUT2D eigenvalue weighted by Crippen LogP contribution is 2.23. The van der Waals surface area contributed by atoms with Gasteiger partial charge in [-0.3, -0.25) is 4.79 Å². The van der Waals surface area contributed by atoms with E-state index in [-0.39, 0.29) is 5.78 Å². The van der Waals surface area contributed by atoms with Crippen LogP contribution in [0.15, 0.2) is 42.5 Å². The number of nitrogens with zero attached hydrogens (tertiary/aromatic N) is 2. The average molecular weight is 379 g/mol.